The summed E-state index contributed by atoms with van der Waals surface area (Å²) in [6, 6.07) is 1.07. The van der Waals surface area contributed by atoms with Gasteiger partial charge in [0.25, 0.3) is 0 Å². The van der Waals surface area contributed by atoms with Gasteiger partial charge < -0.3 is 9.62 Å². The lowest BCUT2D eigenvalue weighted by Crippen LogP contribution is -2.03. The van der Waals surface area contributed by atoms with E-state index in [-0.39, 0.29) is 12.1 Å². The van der Waals surface area contributed by atoms with E-state index in [0.29, 0.717) is 4.74 Å². The van der Waals surface area contributed by atoms with Gasteiger partial charge in [0.15, 0.2) is 12.8 Å². The first-order chi connectivity index (χ1) is 6.43. The predicted octanol–water partition coefficient (Wildman–Crippen LogP) is 0.475. The summed E-state index contributed by atoms with van der Waals surface area (Å²) in [7, 11) is -4.33. The summed E-state index contributed by atoms with van der Waals surface area (Å²) in [4.78, 5) is 0. The fraction of sp³-hybridized carbons (Fsp3) is 0.286. The molecule has 0 unspecified atom stereocenters. The summed E-state index contributed by atoms with van der Waals surface area (Å²) in [5, 5.41) is 10.3. The van der Waals surface area contributed by atoms with Crippen molar-refractivity contribution in [2.75, 3.05) is 6.54 Å². The standard InChI is InChI=1S/C7H9NO5S/c1-2-8(9)4-6-3-7(13-5-6)14(10,11)12/h3-5H,2H2,1H3,(H,10,11,12). The Morgan fingerprint density at radius 2 is 2.36 bits per heavy atom. The summed E-state index contributed by atoms with van der Waals surface area (Å²) < 4.78 is 34.8. The lowest BCUT2D eigenvalue weighted by Gasteiger charge is -1.96. The molecule has 78 valence electrons. The fourth-order valence-electron chi connectivity index (χ4n) is 0.791. The maximum Gasteiger partial charge on any atom is 0.328 e. The van der Waals surface area contributed by atoms with Gasteiger partial charge >= 0.3 is 10.1 Å². The van der Waals surface area contributed by atoms with Crippen LogP contribution < -0.4 is 0 Å². The molecule has 1 heterocycles. The minimum atomic E-state index is -4.33. The molecule has 1 N–H and O–H groups in total. The van der Waals surface area contributed by atoms with Crippen LogP contribution in [0.2, 0.25) is 0 Å². The molecule has 0 aliphatic carbocycles. The molecule has 0 saturated heterocycles. The second-order valence-electron chi connectivity index (χ2n) is 2.54. The second kappa shape index (κ2) is 3.81. The van der Waals surface area contributed by atoms with Crippen LogP contribution in [0, 0.1) is 5.21 Å². The molecule has 14 heavy (non-hydrogen) atoms. The van der Waals surface area contributed by atoms with Gasteiger partial charge in [-0.1, -0.05) is 0 Å². The molecule has 0 radical (unpaired) electrons. The van der Waals surface area contributed by atoms with Gasteiger partial charge in [-0.2, -0.15) is 8.42 Å². The monoisotopic (exact) mass is 219 g/mol. The van der Waals surface area contributed by atoms with E-state index >= 15 is 0 Å². The zero-order chi connectivity index (χ0) is 10.8. The minimum Gasteiger partial charge on any atom is -0.624 e. The van der Waals surface area contributed by atoms with Crippen LogP contribution in [0.3, 0.4) is 0 Å². The minimum absolute atomic E-state index is 0.242. The molecule has 0 spiro atoms. The van der Waals surface area contributed by atoms with E-state index in [1.54, 1.807) is 6.92 Å². The normalized spacial score (nSPS) is 13.1. The molecule has 1 aromatic heterocycles. The average Bonchev–Trinajstić information content (AvgIpc) is 2.51. The third-order valence-corrected chi connectivity index (χ3v) is 2.18. The zero-order valence-corrected chi connectivity index (χ0v) is 8.19. The van der Waals surface area contributed by atoms with Crippen molar-refractivity contribution in [3.8, 4) is 0 Å². The second-order valence-corrected chi connectivity index (χ2v) is 3.89. The Kier molecular flexibility index (Phi) is 2.92. The van der Waals surface area contributed by atoms with Gasteiger partial charge in [0, 0.05) is 6.07 Å². The highest BCUT2D eigenvalue weighted by Crippen LogP contribution is 2.11. The molecular formula is C7H9NO5S. The van der Waals surface area contributed by atoms with E-state index in [0.717, 1.165) is 18.5 Å². The van der Waals surface area contributed by atoms with Crippen molar-refractivity contribution in [2.24, 2.45) is 0 Å². The fourth-order valence-corrected chi connectivity index (χ4v) is 1.25. The van der Waals surface area contributed by atoms with E-state index in [1.807, 2.05) is 0 Å². The van der Waals surface area contributed by atoms with Crippen LogP contribution in [0.1, 0.15) is 12.5 Å². The molecule has 1 rings (SSSR count). The summed E-state index contributed by atoms with van der Waals surface area (Å²) in [5.41, 5.74) is 0.287. The maximum atomic E-state index is 10.8. The highest BCUT2D eigenvalue weighted by atomic mass is 32.2. The van der Waals surface area contributed by atoms with E-state index in [9.17, 15) is 13.6 Å². The Hall–Kier alpha value is -1.34. The zero-order valence-electron chi connectivity index (χ0n) is 7.37. The Bertz CT molecular complexity index is 444. The number of hydroxylamine groups is 1. The molecule has 0 saturated carbocycles. The molecule has 0 bridgehead atoms. The Balaban J connectivity index is 3.01. The summed E-state index contributed by atoms with van der Waals surface area (Å²) in [6.45, 7) is 1.89. The van der Waals surface area contributed by atoms with E-state index in [1.165, 1.54) is 0 Å². The van der Waals surface area contributed by atoms with Crippen LogP contribution >= 0.6 is 0 Å². The van der Waals surface area contributed by atoms with Gasteiger partial charge in [0.05, 0.1) is 5.56 Å². The Morgan fingerprint density at radius 3 is 2.79 bits per heavy atom. The Labute approximate surface area is 80.8 Å². The van der Waals surface area contributed by atoms with Crippen LogP contribution in [0.4, 0.5) is 0 Å². The van der Waals surface area contributed by atoms with E-state index in [4.69, 9.17) is 4.55 Å². The van der Waals surface area contributed by atoms with Gasteiger partial charge in [-0.05, 0) is 6.92 Å². The van der Waals surface area contributed by atoms with Crippen molar-refractivity contribution in [3.63, 3.8) is 0 Å². The molecule has 1 aromatic rings. The summed E-state index contributed by atoms with van der Waals surface area (Å²) >= 11 is 0. The quantitative estimate of drug-likeness (QED) is 0.262. The van der Waals surface area contributed by atoms with Crippen LogP contribution in [0.25, 0.3) is 0 Å². The lowest BCUT2D eigenvalue weighted by atomic mass is 10.4. The van der Waals surface area contributed by atoms with Crippen LogP contribution in [-0.2, 0) is 10.1 Å². The largest absolute Gasteiger partial charge is 0.624 e. The van der Waals surface area contributed by atoms with Crippen LogP contribution in [0.5, 0.6) is 0 Å². The first kappa shape index (κ1) is 10.7. The van der Waals surface area contributed by atoms with Crippen molar-refractivity contribution in [1.82, 2.24) is 0 Å². The molecule has 6 nitrogen and oxygen atoms in total. The molecule has 7 heteroatoms. The van der Waals surface area contributed by atoms with Crippen molar-refractivity contribution < 1.29 is 22.1 Å². The maximum absolute atomic E-state index is 10.8. The topological polar surface area (TPSA) is 93.6 Å². The van der Waals surface area contributed by atoms with Crippen molar-refractivity contribution >= 4 is 16.3 Å². The van der Waals surface area contributed by atoms with Crippen molar-refractivity contribution in [3.05, 3.63) is 23.1 Å². The van der Waals surface area contributed by atoms with Gasteiger partial charge in [-0.15, -0.1) is 0 Å². The highest BCUT2D eigenvalue weighted by Gasteiger charge is 2.15. The van der Waals surface area contributed by atoms with Crippen LogP contribution in [-0.4, -0.2) is 30.5 Å². The van der Waals surface area contributed by atoms with E-state index in [2.05, 4.69) is 4.42 Å². The third kappa shape index (κ3) is 2.57. The molecule has 0 atom stereocenters. The number of hydrogen-bond acceptors (Lipinski definition) is 4. The molecule has 0 fully saturated rings. The third-order valence-electron chi connectivity index (χ3n) is 1.45. The lowest BCUT2D eigenvalue weighted by molar-refractivity contribution is -0.447. The molecular weight excluding hydrogens is 210 g/mol. The first-order valence-corrected chi connectivity index (χ1v) is 5.22. The molecule has 0 aromatic carbocycles. The van der Waals surface area contributed by atoms with Gasteiger partial charge in [0.2, 0.25) is 5.09 Å². The molecule has 0 aliphatic heterocycles. The number of furan rings is 1. The highest BCUT2D eigenvalue weighted by molar-refractivity contribution is 7.85. The SMILES string of the molecule is CC[N+]([O-])=Cc1coc(S(=O)(=O)O)c1. The van der Waals surface area contributed by atoms with Gasteiger partial charge in [0.1, 0.15) is 6.26 Å². The van der Waals surface area contributed by atoms with Crippen LogP contribution in [0.15, 0.2) is 21.8 Å². The number of nitrogens with zero attached hydrogens (tertiary/aromatic N) is 1. The van der Waals surface area contributed by atoms with Crippen molar-refractivity contribution in [2.45, 2.75) is 12.0 Å². The van der Waals surface area contributed by atoms with Crippen molar-refractivity contribution in [1.29, 1.82) is 0 Å². The molecule has 0 amide bonds. The number of rotatable bonds is 3. The van der Waals surface area contributed by atoms with E-state index < -0.39 is 15.2 Å². The summed E-state index contributed by atoms with van der Waals surface area (Å²) in [5.74, 6) is 0. The van der Waals surface area contributed by atoms with Gasteiger partial charge in [-0.3, -0.25) is 4.55 Å². The summed E-state index contributed by atoms with van der Waals surface area (Å²) in [6.07, 6.45) is 2.24. The predicted molar refractivity (Wildman–Crippen MR) is 47.9 cm³/mol. The molecule has 0 aliphatic rings. The number of hydrogen-bond donors (Lipinski definition) is 1. The first-order valence-electron chi connectivity index (χ1n) is 3.78. The average molecular weight is 219 g/mol. The Morgan fingerprint density at radius 1 is 1.71 bits per heavy atom. The smallest absolute Gasteiger partial charge is 0.328 e. The van der Waals surface area contributed by atoms with Gasteiger partial charge in [-0.25, -0.2) is 4.74 Å².